The molecule has 25 heavy (non-hydrogen) atoms. The Morgan fingerprint density at radius 1 is 1.28 bits per heavy atom. The lowest BCUT2D eigenvalue weighted by Crippen LogP contribution is -2.31. The Balaban J connectivity index is 2.44. The second kappa shape index (κ2) is 7.14. The van der Waals surface area contributed by atoms with Crippen LogP contribution in [0.2, 0.25) is 5.02 Å². The fourth-order valence-electron chi connectivity index (χ4n) is 2.13. The highest BCUT2D eigenvalue weighted by molar-refractivity contribution is 6.30. The van der Waals surface area contributed by atoms with Gasteiger partial charge in [-0.1, -0.05) is 11.6 Å². The van der Waals surface area contributed by atoms with Crippen molar-refractivity contribution in [3.63, 3.8) is 0 Å². The summed E-state index contributed by atoms with van der Waals surface area (Å²) in [5, 5.41) is 12.6. The zero-order valence-electron chi connectivity index (χ0n) is 12.9. The Bertz CT molecular complexity index is 788. The summed E-state index contributed by atoms with van der Waals surface area (Å²) in [5.74, 6) is -2.12. The number of halogens is 4. The molecule has 0 fully saturated rings. The van der Waals surface area contributed by atoms with E-state index in [1.165, 1.54) is 31.3 Å². The van der Waals surface area contributed by atoms with Gasteiger partial charge in [-0.05, 0) is 24.3 Å². The standard InChI is InChI=1S/C15H13ClF3N3O3/c1-21(7-6-12(23)24)14(25)11-8-20-22(13(11)15(17,18)19)10-4-2-9(16)3-5-10/h2-5,8H,6-7H2,1H3,(H,23,24). The van der Waals surface area contributed by atoms with Crippen molar-refractivity contribution in [3.8, 4) is 5.69 Å². The number of hydrogen-bond donors (Lipinski definition) is 1. The molecule has 2 aromatic rings. The van der Waals surface area contributed by atoms with Crippen molar-refractivity contribution in [1.29, 1.82) is 0 Å². The van der Waals surface area contributed by atoms with Crippen LogP contribution in [0, 0.1) is 0 Å². The van der Waals surface area contributed by atoms with E-state index in [2.05, 4.69) is 5.10 Å². The third-order valence-electron chi connectivity index (χ3n) is 3.35. The number of rotatable bonds is 5. The van der Waals surface area contributed by atoms with Crippen molar-refractivity contribution in [2.75, 3.05) is 13.6 Å². The van der Waals surface area contributed by atoms with Crippen LogP contribution in [-0.2, 0) is 11.0 Å². The Morgan fingerprint density at radius 2 is 1.88 bits per heavy atom. The molecule has 2 rings (SSSR count). The summed E-state index contributed by atoms with van der Waals surface area (Å²) in [5.41, 5.74) is -1.80. The minimum Gasteiger partial charge on any atom is -0.481 e. The molecule has 0 radical (unpaired) electrons. The van der Waals surface area contributed by atoms with Crippen molar-refractivity contribution >= 4 is 23.5 Å². The van der Waals surface area contributed by atoms with Gasteiger partial charge in [0.05, 0.1) is 23.9 Å². The molecule has 10 heteroatoms. The van der Waals surface area contributed by atoms with Gasteiger partial charge in [-0.15, -0.1) is 0 Å². The maximum absolute atomic E-state index is 13.5. The molecule has 0 atom stereocenters. The smallest absolute Gasteiger partial charge is 0.434 e. The number of aromatic nitrogens is 2. The van der Waals surface area contributed by atoms with Crippen molar-refractivity contribution in [1.82, 2.24) is 14.7 Å². The highest BCUT2D eigenvalue weighted by Gasteiger charge is 2.41. The lowest BCUT2D eigenvalue weighted by atomic mass is 10.2. The van der Waals surface area contributed by atoms with E-state index >= 15 is 0 Å². The molecule has 0 saturated carbocycles. The highest BCUT2D eigenvalue weighted by Crippen LogP contribution is 2.34. The molecule has 0 unspecified atom stereocenters. The number of benzene rings is 1. The first-order valence-electron chi connectivity index (χ1n) is 6.99. The van der Waals surface area contributed by atoms with Gasteiger partial charge in [0, 0.05) is 18.6 Å². The minimum absolute atomic E-state index is 0.0870. The average molecular weight is 376 g/mol. The molecular formula is C15H13ClF3N3O3. The van der Waals surface area contributed by atoms with E-state index in [1.807, 2.05) is 0 Å². The van der Waals surface area contributed by atoms with E-state index in [4.69, 9.17) is 16.7 Å². The fourth-order valence-corrected chi connectivity index (χ4v) is 2.25. The van der Waals surface area contributed by atoms with Crippen LogP contribution in [0.4, 0.5) is 13.2 Å². The predicted octanol–water partition coefficient (Wildman–Crippen LogP) is 3.09. The lowest BCUT2D eigenvalue weighted by Gasteiger charge is -2.17. The monoisotopic (exact) mass is 375 g/mol. The summed E-state index contributed by atoms with van der Waals surface area (Å²) in [7, 11) is 1.23. The Kier molecular flexibility index (Phi) is 5.36. The maximum atomic E-state index is 13.5. The van der Waals surface area contributed by atoms with E-state index in [1.54, 1.807) is 0 Å². The van der Waals surface area contributed by atoms with E-state index in [0.29, 0.717) is 9.70 Å². The summed E-state index contributed by atoms with van der Waals surface area (Å²) in [6.07, 6.45) is -4.40. The maximum Gasteiger partial charge on any atom is 0.434 e. The zero-order valence-corrected chi connectivity index (χ0v) is 13.7. The minimum atomic E-state index is -4.84. The number of carbonyl (C=O) groups is 2. The third-order valence-corrected chi connectivity index (χ3v) is 3.60. The van der Waals surface area contributed by atoms with Gasteiger partial charge in [-0.3, -0.25) is 9.59 Å². The van der Waals surface area contributed by atoms with Crippen molar-refractivity contribution in [2.45, 2.75) is 12.6 Å². The number of carboxylic acids is 1. The molecule has 0 saturated heterocycles. The molecule has 1 aromatic heterocycles. The fraction of sp³-hybridized carbons (Fsp3) is 0.267. The van der Waals surface area contributed by atoms with Crippen molar-refractivity contribution in [3.05, 3.63) is 46.7 Å². The van der Waals surface area contributed by atoms with Crippen LogP contribution in [0.1, 0.15) is 22.5 Å². The quantitative estimate of drug-likeness (QED) is 0.871. The topological polar surface area (TPSA) is 75.4 Å². The molecule has 0 aliphatic heterocycles. The van der Waals surface area contributed by atoms with Gasteiger partial charge in [-0.25, -0.2) is 4.68 Å². The SMILES string of the molecule is CN(CCC(=O)O)C(=O)c1cnn(-c2ccc(Cl)cc2)c1C(F)(F)F. The molecule has 134 valence electrons. The molecule has 0 aliphatic rings. The summed E-state index contributed by atoms with van der Waals surface area (Å²) in [6, 6.07) is 5.48. The van der Waals surface area contributed by atoms with Crippen molar-refractivity contribution < 1.29 is 27.9 Å². The van der Waals surface area contributed by atoms with Crippen LogP contribution in [0.3, 0.4) is 0 Å². The Labute approximate surface area is 145 Å². The Morgan fingerprint density at radius 3 is 2.40 bits per heavy atom. The van der Waals surface area contributed by atoms with Gasteiger partial charge in [0.1, 0.15) is 0 Å². The molecule has 0 aliphatic carbocycles. The summed E-state index contributed by atoms with van der Waals surface area (Å²) >= 11 is 5.73. The second-order valence-corrected chi connectivity index (χ2v) is 5.60. The number of alkyl halides is 3. The molecule has 1 heterocycles. The normalized spacial score (nSPS) is 11.4. The number of amides is 1. The van der Waals surface area contributed by atoms with Gasteiger partial charge in [0.15, 0.2) is 5.69 Å². The van der Waals surface area contributed by atoms with Crippen LogP contribution in [-0.4, -0.2) is 45.3 Å². The Hall–Kier alpha value is -2.55. The number of aliphatic carboxylic acids is 1. The van der Waals surface area contributed by atoms with Gasteiger partial charge in [-0.2, -0.15) is 18.3 Å². The average Bonchev–Trinajstić information content (AvgIpc) is 2.97. The second-order valence-electron chi connectivity index (χ2n) is 5.16. The van der Waals surface area contributed by atoms with Crippen LogP contribution >= 0.6 is 11.6 Å². The van der Waals surface area contributed by atoms with Gasteiger partial charge in [0.2, 0.25) is 0 Å². The molecule has 6 nitrogen and oxygen atoms in total. The number of carboxylic acid groups (broad SMARTS) is 1. The van der Waals surface area contributed by atoms with E-state index in [-0.39, 0.29) is 18.7 Å². The summed E-state index contributed by atoms with van der Waals surface area (Å²) < 4.78 is 41.1. The molecule has 0 bridgehead atoms. The van der Waals surface area contributed by atoms with Gasteiger partial charge >= 0.3 is 12.1 Å². The molecule has 1 aromatic carbocycles. The van der Waals surface area contributed by atoms with E-state index in [0.717, 1.165) is 11.1 Å². The molecule has 1 N–H and O–H groups in total. The zero-order chi connectivity index (χ0) is 18.8. The van der Waals surface area contributed by atoms with Gasteiger partial charge < -0.3 is 10.0 Å². The van der Waals surface area contributed by atoms with E-state index in [9.17, 15) is 22.8 Å². The lowest BCUT2D eigenvalue weighted by molar-refractivity contribution is -0.143. The number of hydrogen-bond acceptors (Lipinski definition) is 3. The van der Waals surface area contributed by atoms with E-state index < -0.39 is 29.3 Å². The first kappa shape index (κ1) is 18.8. The molecule has 0 spiro atoms. The third kappa shape index (κ3) is 4.30. The first-order valence-corrected chi connectivity index (χ1v) is 7.37. The summed E-state index contributed by atoms with van der Waals surface area (Å²) in [6.45, 7) is -0.225. The van der Waals surface area contributed by atoms with Crippen LogP contribution in [0.25, 0.3) is 5.69 Å². The van der Waals surface area contributed by atoms with Crippen LogP contribution in [0.15, 0.2) is 30.5 Å². The molecule has 1 amide bonds. The van der Waals surface area contributed by atoms with Crippen LogP contribution in [0.5, 0.6) is 0 Å². The number of nitrogens with zero attached hydrogens (tertiary/aromatic N) is 3. The highest BCUT2D eigenvalue weighted by atomic mass is 35.5. The molecular weight excluding hydrogens is 363 g/mol. The van der Waals surface area contributed by atoms with Gasteiger partial charge in [0.25, 0.3) is 5.91 Å². The predicted molar refractivity (Wildman–Crippen MR) is 82.8 cm³/mol. The largest absolute Gasteiger partial charge is 0.481 e. The van der Waals surface area contributed by atoms with Crippen LogP contribution < -0.4 is 0 Å². The van der Waals surface area contributed by atoms with Crippen molar-refractivity contribution in [2.24, 2.45) is 0 Å². The first-order chi connectivity index (χ1) is 11.6. The number of carbonyl (C=O) groups excluding carboxylic acids is 1. The summed E-state index contributed by atoms with van der Waals surface area (Å²) in [4.78, 5) is 23.8.